The summed E-state index contributed by atoms with van der Waals surface area (Å²) in [4.78, 5) is 58.8. The zero-order valence-corrected chi connectivity index (χ0v) is 14.2. The maximum absolute atomic E-state index is 12.1. The highest BCUT2D eigenvalue weighted by atomic mass is 16.3. The van der Waals surface area contributed by atoms with Crippen LogP contribution in [0.15, 0.2) is 12.2 Å². The SMILES string of the molecule is CC(NC(=O)CCNC(=O)C(C)O)NC(=O)C(C)N1C(=O)C=CC1=O. The second-order valence-electron chi connectivity index (χ2n) is 5.57. The summed E-state index contributed by atoms with van der Waals surface area (Å²) in [5.74, 6) is -2.75. The van der Waals surface area contributed by atoms with Crippen molar-refractivity contribution >= 4 is 29.5 Å². The molecule has 10 heteroatoms. The molecule has 3 unspecified atom stereocenters. The van der Waals surface area contributed by atoms with Crippen LogP contribution in [0, 0.1) is 0 Å². The lowest BCUT2D eigenvalue weighted by Gasteiger charge is -2.24. The van der Waals surface area contributed by atoms with Gasteiger partial charge < -0.3 is 21.1 Å². The van der Waals surface area contributed by atoms with E-state index in [-0.39, 0.29) is 13.0 Å². The molecule has 1 heterocycles. The summed E-state index contributed by atoms with van der Waals surface area (Å²) in [6.45, 7) is 4.26. The van der Waals surface area contributed by atoms with Crippen molar-refractivity contribution in [3.8, 4) is 0 Å². The van der Waals surface area contributed by atoms with E-state index < -0.39 is 47.8 Å². The number of hydrogen-bond acceptors (Lipinski definition) is 6. The van der Waals surface area contributed by atoms with Gasteiger partial charge in [0.05, 0.1) is 6.17 Å². The van der Waals surface area contributed by atoms with Crippen LogP contribution in [0.4, 0.5) is 0 Å². The average molecular weight is 354 g/mol. The molecular formula is C15H22N4O6. The number of nitrogens with zero attached hydrogens (tertiary/aromatic N) is 1. The van der Waals surface area contributed by atoms with Gasteiger partial charge in [0, 0.05) is 25.1 Å². The van der Waals surface area contributed by atoms with Gasteiger partial charge in [0.15, 0.2) is 0 Å². The van der Waals surface area contributed by atoms with Crippen LogP contribution >= 0.6 is 0 Å². The largest absolute Gasteiger partial charge is 0.384 e. The van der Waals surface area contributed by atoms with Crippen LogP contribution in [0.3, 0.4) is 0 Å². The molecule has 3 atom stereocenters. The number of nitrogens with one attached hydrogen (secondary N) is 3. The maximum atomic E-state index is 12.1. The zero-order valence-electron chi connectivity index (χ0n) is 14.2. The number of imide groups is 1. The van der Waals surface area contributed by atoms with Gasteiger partial charge in [0.1, 0.15) is 12.1 Å². The van der Waals surface area contributed by atoms with Gasteiger partial charge in [-0.15, -0.1) is 0 Å². The van der Waals surface area contributed by atoms with Crippen LogP contribution < -0.4 is 16.0 Å². The lowest BCUT2D eigenvalue weighted by Crippen LogP contribution is -2.54. The number of carbonyl (C=O) groups excluding carboxylic acids is 5. The molecule has 0 aliphatic carbocycles. The summed E-state index contributed by atoms with van der Waals surface area (Å²) in [7, 11) is 0. The molecule has 5 amide bonds. The third kappa shape index (κ3) is 5.99. The molecular weight excluding hydrogens is 332 g/mol. The minimum atomic E-state index is -1.16. The van der Waals surface area contributed by atoms with Crippen LogP contribution in [0.25, 0.3) is 0 Å². The minimum Gasteiger partial charge on any atom is -0.384 e. The van der Waals surface area contributed by atoms with E-state index in [4.69, 9.17) is 5.11 Å². The first kappa shape index (κ1) is 20.3. The summed E-state index contributed by atoms with van der Waals surface area (Å²) in [6, 6.07) is -1.01. The normalized spacial score (nSPS) is 17.0. The van der Waals surface area contributed by atoms with Crippen molar-refractivity contribution in [2.24, 2.45) is 0 Å². The second kappa shape index (κ2) is 8.92. The van der Waals surface area contributed by atoms with Crippen molar-refractivity contribution in [1.82, 2.24) is 20.9 Å². The number of amides is 5. The molecule has 1 aliphatic heterocycles. The van der Waals surface area contributed by atoms with Crippen molar-refractivity contribution in [3.63, 3.8) is 0 Å². The lowest BCUT2D eigenvalue weighted by molar-refractivity contribution is -0.145. The van der Waals surface area contributed by atoms with Gasteiger partial charge in [-0.05, 0) is 20.8 Å². The molecule has 138 valence electrons. The number of hydrogen-bond donors (Lipinski definition) is 4. The molecule has 1 rings (SSSR count). The van der Waals surface area contributed by atoms with Crippen LogP contribution in [0.2, 0.25) is 0 Å². The topological polar surface area (TPSA) is 145 Å². The van der Waals surface area contributed by atoms with E-state index in [0.29, 0.717) is 0 Å². The highest BCUT2D eigenvalue weighted by Crippen LogP contribution is 2.09. The Morgan fingerprint density at radius 3 is 2.12 bits per heavy atom. The molecule has 0 aromatic carbocycles. The zero-order chi connectivity index (χ0) is 19.1. The Morgan fingerprint density at radius 1 is 1.04 bits per heavy atom. The van der Waals surface area contributed by atoms with E-state index >= 15 is 0 Å². The van der Waals surface area contributed by atoms with E-state index in [0.717, 1.165) is 17.1 Å². The Kier molecular flexibility index (Phi) is 7.24. The second-order valence-corrected chi connectivity index (χ2v) is 5.57. The summed E-state index contributed by atoms with van der Waals surface area (Å²) in [6.07, 6.45) is 0.225. The van der Waals surface area contributed by atoms with Crippen LogP contribution in [0.1, 0.15) is 27.2 Å². The lowest BCUT2D eigenvalue weighted by atomic mass is 10.2. The Morgan fingerprint density at radius 2 is 1.60 bits per heavy atom. The Bertz CT molecular complexity index is 583. The third-order valence-electron chi connectivity index (χ3n) is 3.38. The predicted octanol–water partition coefficient (Wildman–Crippen LogP) is -2.23. The first-order chi connectivity index (χ1) is 11.6. The molecule has 4 N–H and O–H groups in total. The fourth-order valence-corrected chi connectivity index (χ4v) is 2.04. The highest BCUT2D eigenvalue weighted by Gasteiger charge is 2.33. The number of rotatable bonds is 8. The Balaban J connectivity index is 2.37. The summed E-state index contributed by atoms with van der Waals surface area (Å²) < 4.78 is 0. The Hall–Kier alpha value is -2.75. The Labute approximate surface area is 144 Å². The molecule has 10 nitrogen and oxygen atoms in total. The standard InChI is InChI=1S/C15H22N4O6/c1-8(19-12(22)4-5-13(19)23)14(24)18-10(3)17-11(21)6-7-16-15(25)9(2)20/h4-5,8-10,20H,6-7H2,1-3H3,(H,16,25)(H,17,21)(H,18,24). The fourth-order valence-electron chi connectivity index (χ4n) is 2.04. The number of carbonyl (C=O) groups is 5. The van der Waals surface area contributed by atoms with Crippen molar-refractivity contribution in [3.05, 3.63) is 12.2 Å². The van der Waals surface area contributed by atoms with Gasteiger partial charge in [0.25, 0.3) is 11.8 Å². The predicted molar refractivity (Wildman–Crippen MR) is 85.5 cm³/mol. The minimum absolute atomic E-state index is 0.0368. The smallest absolute Gasteiger partial charge is 0.254 e. The summed E-state index contributed by atoms with van der Waals surface area (Å²) >= 11 is 0. The first-order valence-electron chi connectivity index (χ1n) is 7.74. The number of aliphatic hydroxyl groups is 1. The van der Waals surface area contributed by atoms with Gasteiger partial charge >= 0.3 is 0 Å². The molecule has 0 aromatic heterocycles. The van der Waals surface area contributed by atoms with Crippen LogP contribution in [0.5, 0.6) is 0 Å². The van der Waals surface area contributed by atoms with E-state index in [2.05, 4.69) is 16.0 Å². The third-order valence-corrected chi connectivity index (χ3v) is 3.38. The fraction of sp³-hybridized carbons (Fsp3) is 0.533. The molecule has 1 aliphatic rings. The molecule has 0 fully saturated rings. The number of aliphatic hydroxyl groups excluding tert-OH is 1. The molecule has 0 saturated heterocycles. The average Bonchev–Trinajstić information content (AvgIpc) is 2.84. The molecule has 0 aromatic rings. The van der Waals surface area contributed by atoms with Crippen molar-refractivity contribution in [1.29, 1.82) is 0 Å². The molecule has 0 bridgehead atoms. The summed E-state index contributed by atoms with van der Waals surface area (Å²) in [5.41, 5.74) is 0. The van der Waals surface area contributed by atoms with Crippen molar-refractivity contribution in [2.45, 2.75) is 45.5 Å². The van der Waals surface area contributed by atoms with Gasteiger partial charge in [-0.2, -0.15) is 0 Å². The van der Waals surface area contributed by atoms with Gasteiger partial charge in [-0.3, -0.25) is 28.9 Å². The van der Waals surface area contributed by atoms with Gasteiger partial charge in [-0.25, -0.2) is 0 Å². The summed E-state index contributed by atoms with van der Waals surface area (Å²) in [5, 5.41) is 16.3. The molecule has 0 saturated carbocycles. The van der Waals surface area contributed by atoms with E-state index in [1.807, 2.05) is 0 Å². The van der Waals surface area contributed by atoms with Gasteiger partial charge in [0.2, 0.25) is 17.7 Å². The highest BCUT2D eigenvalue weighted by molar-refractivity contribution is 6.15. The van der Waals surface area contributed by atoms with Crippen LogP contribution in [-0.4, -0.2) is 64.4 Å². The van der Waals surface area contributed by atoms with E-state index in [1.54, 1.807) is 0 Å². The maximum Gasteiger partial charge on any atom is 0.254 e. The van der Waals surface area contributed by atoms with Gasteiger partial charge in [-0.1, -0.05) is 0 Å². The van der Waals surface area contributed by atoms with Crippen molar-refractivity contribution < 1.29 is 29.1 Å². The monoisotopic (exact) mass is 354 g/mol. The molecule has 0 spiro atoms. The molecule has 25 heavy (non-hydrogen) atoms. The van der Waals surface area contributed by atoms with E-state index in [1.165, 1.54) is 20.8 Å². The van der Waals surface area contributed by atoms with Crippen LogP contribution in [-0.2, 0) is 24.0 Å². The van der Waals surface area contributed by atoms with E-state index in [9.17, 15) is 24.0 Å². The molecule has 0 radical (unpaired) electrons. The first-order valence-corrected chi connectivity index (χ1v) is 7.74. The van der Waals surface area contributed by atoms with Crippen molar-refractivity contribution in [2.75, 3.05) is 6.54 Å². The quantitative estimate of drug-likeness (QED) is 0.287.